The average molecular weight is 427 g/mol. The van der Waals surface area contributed by atoms with Crippen LogP contribution < -0.4 is 0 Å². The van der Waals surface area contributed by atoms with Gasteiger partial charge in [0.15, 0.2) is 0 Å². The minimum absolute atomic E-state index is 0.0168. The Bertz CT molecular complexity index is 1680. The van der Waals surface area contributed by atoms with Gasteiger partial charge in [-0.25, -0.2) is 0 Å². The maximum atomic E-state index is 8.85. The molecule has 0 bridgehead atoms. The molecule has 0 aliphatic carbocycles. The first-order chi connectivity index (χ1) is 18.4. The molecule has 0 atom stereocenters. The fourth-order valence-corrected chi connectivity index (χ4v) is 4.43. The molecule has 2 heteroatoms. The zero-order chi connectivity index (χ0) is 28.2. The molecule has 32 heavy (non-hydrogen) atoms. The summed E-state index contributed by atoms with van der Waals surface area (Å²) in [5.41, 5.74) is 3.64. The van der Waals surface area contributed by atoms with E-state index in [1.54, 1.807) is 24.3 Å². The van der Waals surface area contributed by atoms with Gasteiger partial charge in [0.1, 0.15) is 11.2 Å². The van der Waals surface area contributed by atoms with Gasteiger partial charge in [0, 0.05) is 32.1 Å². The van der Waals surface area contributed by atoms with Crippen molar-refractivity contribution >= 4 is 21.9 Å². The fraction of sp³-hybridized carbons (Fsp3) is 0.233. The van der Waals surface area contributed by atoms with Crippen LogP contribution >= 0.6 is 0 Å². The normalized spacial score (nSPS) is 16.0. The van der Waals surface area contributed by atoms with E-state index >= 15 is 0 Å². The Labute approximate surface area is 199 Å². The van der Waals surface area contributed by atoms with E-state index in [0.29, 0.717) is 40.8 Å². The molecule has 160 valence electrons. The van der Waals surface area contributed by atoms with Crippen molar-refractivity contribution in [1.82, 2.24) is 4.98 Å². The summed E-state index contributed by atoms with van der Waals surface area (Å²) in [5, 5.41) is 1.87. The number of nitrogens with zero attached hydrogens (tertiary/aromatic N) is 1. The van der Waals surface area contributed by atoms with Gasteiger partial charge in [0.05, 0.1) is 5.69 Å². The number of hydrogen-bond acceptors (Lipinski definition) is 2. The summed E-state index contributed by atoms with van der Waals surface area (Å²) in [4.78, 5) is 4.51. The van der Waals surface area contributed by atoms with Crippen LogP contribution in [0, 0.1) is 13.7 Å². The first-order valence-electron chi connectivity index (χ1n) is 14.4. The Morgan fingerprint density at radius 3 is 2.47 bits per heavy atom. The summed E-state index contributed by atoms with van der Waals surface area (Å²) in [6, 6.07) is 20.0. The van der Waals surface area contributed by atoms with Gasteiger partial charge in [0.2, 0.25) is 0 Å². The molecule has 0 saturated heterocycles. The molecule has 0 saturated carbocycles. The van der Waals surface area contributed by atoms with Gasteiger partial charge >= 0.3 is 0 Å². The van der Waals surface area contributed by atoms with Crippen molar-refractivity contribution in [2.24, 2.45) is 0 Å². The molecule has 5 rings (SSSR count). The first-order valence-corrected chi connectivity index (χ1v) is 10.9. The summed E-state index contributed by atoms with van der Waals surface area (Å²) in [5.74, 6) is -0.939. The molecule has 0 amide bonds. The SMILES string of the molecule is [2H]C([2H])([2H])c1cnc(-c2cccc3c2oc2ccccc23)cc1-c1ccc(C([2H])(CC)CC)cc1C([2H])([2H])[2H]. The Hall–Kier alpha value is -3.39. The molecule has 0 unspecified atom stereocenters. The monoisotopic (exact) mass is 426 g/mol. The third-order valence-corrected chi connectivity index (χ3v) is 6.16. The fourth-order valence-electron chi connectivity index (χ4n) is 4.43. The van der Waals surface area contributed by atoms with Crippen molar-refractivity contribution in [3.63, 3.8) is 0 Å². The lowest BCUT2D eigenvalue weighted by Gasteiger charge is -2.17. The predicted molar refractivity (Wildman–Crippen MR) is 135 cm³/mol. The van der Waals surface area contributed by atoms with Crippen LogP contribution in [0.25, 0.3) is 44.3 Å². The molecule has 2 nitrogen and oxygen atoms in total. The minimum Gasteiger partial charge on any atom is -0.455 e. The van der Waals surface area contributed by atoms with Crippen molar-refractivity contribution in [2.45, 2.75) is 46.3 Å². The lowest BCUT2D eigenvalue weighted by molar-refractivity contribution is 0.641. The highest BCUT2D eigenvalue weighted by Crippen LogP contribution is 2.37. The van der Waals surface area contributed by atoms with Gasteiger partial charge in [-0.05, 0) is 78.5 Å². The van der Waals surface area contributed by atoms with Crippen molar-refractivity contribution in [3.8, 4) is 22.4 Å². The van der Waals surface area contributed by atoms with Gasteiger partial charge in [-0.15, -0.1) is 0 Å². The third-order valence-electron chi connectivity index (χ3n) is 6.16. The average Bonchev–Trinajstić information content (AvgIpc) is 3.30. The summed E-state index contributed by atoms with van der Waals surface area (Å²) in [6.07, 6.45) is 2.35. The first kappa shape index (κ1) is 13.9. The van der Waals surface area contributed by atoms with E-state index in [4.69, 9.17) is 14.0 Å². The molecule has 0 radical (unpaired) electrons. The highest BCUT2D eigenvalue weighted by Gasteiger charge is 2.16. The molecule has 2 heterocycles. The number of benzene rings is 3. The second kappa shape index (κ2) is 8.27. The van der Waals surface area contributed by atoms with E-state index in [1.807, 2.05) is 56.3 Å². The topological polar surface area (TPSA) is 26.0 Å². The lowest BCUT2D eigenvalue weighted by Crippen LogP contribution is -1.98. The summed E-state index contributed by atoms with van der Waals surface area (Å²) in [6.45, 7) is -1.25. The minimum atomic E-state index is -2.53. The number of furan rings is 1. The van der Waals surface area contributed by atoms with E-state index in [2.05, 4.69) is 4.98 Å². The van der Waals surface area contributed by atoms with Crippen LogP contribution in [0.5, 0.6) is 0 Å². The number of hydrogen-bond donors (Lipinski definition) is 0. The van der Waals surface area contributed by atoms with Crippen LogP contribution in [0.3, 0.4) is 0 Å². The quantitative estimate of drug-likeness (QED) is 0.280. The van der Waals surface area contributed by atoms with Crippen molar-refractivity contribution in [1.29, 1.82) is 0 Å². The van der Waals surface area contributed by atoms with E-state index in [9.17, 15) is 0 Å². The molecule has 0 aliphatic rings. The molecule has 2 aromatic heterocycles. The van der Waals surface area contributed by atoms with Crippen LogP contribution in [0.15, 0.2) is 77.3 Å². The Morgan fingerprint density at radius 2 is 1.66 bits per heavy atom. The summed E-state index contributed by atoms with van der Waals surface area (Å²) in [7, 11) is 0. The molecule has 3 aromatic carbocycles. The van der Waals surface area contributed by atoms with E-state index < -0.39 is 19.6 Å². The predicted octanol–water partition coefficient (Wildman–Crippen LogP) is 8.84. The number of fused-ring (bicyclic) bond motifs is 3. The zero-order valence-electron chi connectivity index (χ0n) is 25.2. The molecule has 0 spiro atoms. The van der Waals surface area contributed by atoms with Crippen molar-refractivity contribution in [2.75, 3.05) is 0 Å². The maximum Gasteiger partial charge on any atom is 0.144 e. The summed E-state index contributed by atoms with van der Waals surface area (Å²) < 4.78 is 64.4. The Balaban J connectivity index is 1.78. The second-order valence-electron chi connectivity index (χ2n) is 7.97. The molecule has 0 fully saturated rings. The standard InChI is InChI=1S/C30H29NO/c1-5-21(6-2)22-14-15-23(19(3)16-22)27-17-28(31-18-20(27)4)26-12-9-11-25-24-10-7-8-13-29(24)32-30(25)26/h7-18,21H,5-6H2,1-4H3/i3D3,4D3,21D. The number of para-hydroxylation sites is 2. The van der Waals surface area contributed by atoms with Crippen molar-refractivity contribution in [3.05, 3.63) is 89.6 Å². The number of pyridine rings is 1. The lowest BCUT2D eigenvalue weighted by atomic mass is 9.89. The number of aryl methyl sites for hydroxylation is 2. The van der Waals surface area contributed by atoms with Gasteiger partial charge in [-0.3, -0.25) is 4.98 Å². The highest BCUT2D eigenvalue weighted by atomic mass is 16.3. The molecule has 0 aliphatic heterocycles. The van der Waals surface area contributed by atoms with Crippen LogP contribution in [0.4, 0.5) is 0 Å². The van der Waals surface area contributed by atoms with E-state index in [1.165, 1.54) is 6.20 Å². The number of aromatic nitrogens is 1. The Morgan fingerprint density at radius 1 is 0.844 bits per heavy atom. The second-order valence-corrected chi connectivity index (χ2v) is 7.97. The zero-order valence-corrected chi connectivity index (χ0v) is 18.2. The third kappa shape index (κ3) is 3.40. The maximum absolute atomic E-state index is 8.85. The van der Waals surface area contributed by atoms with Crippen molar-refractivity contribution < 1.29 is 14.0 Å². The highest BCUT2D eigenvalue weighted by molar-refractivity contribution is 6.09. The largest absolute Gasteiger partial charge is 0.455 e. The molecule has 5 aromatic rings. The van der Waals surface area contributed by atoms with Gasteiger partial charge in [-0.1, -0.05) is 62.4 Å². The summed E-state index contributed by atoms with van der Waals surface area (Å²) >= 11 is 0. The van der Waals surface area contributed by atoms with Gasteiger partial charge in [-0.2, -0.15) is 0 Å². The van der Waals surface area contributed by atoms with Gasteiger partial charge in [0.25, 0.3) is 0 Å². The van der Waals surface area contributed by atoms with E-state index in [0.717, 1.165) is 16.4 Å². The Kier molecular flexibility index (Phi) is 3.59. The van der Waals surface area contributed by atoms with Crippen LogP contribution in [0.2, 0.25) is 0 Å². The van der Waals surface area contributed by atoms with Crippen LogP contribution in [-0.2, 0) is 0 Å². The van der Waals surface area contributed by atoms with Gasteiger partial charge < -0.3 is 4.42 Å². The molecular formula is C30H29NO. The molecular weight excluding hydrogens is 390 g/mol. The van der Waals surface area contributed by atoms with E-state index in [-0.39, 0.29) is 16.7 Å². The smallest absolute Gasteiger partial charge is 0.144 e. The number of rotatable bonds is 5. The van der Waals surface area contributed by atoms with Crippen LogP contribution in [0.1, 0.15) is 58.9 Å². The van der Waals surface area contributed by atoms with Crippen LogP contribution in [-0.4, -0.2) is 4.98 Å². The molecule has 0 N–H and O–H groups in total.